The number of carbonyl (C=O) groups is 4. The highest BCUT2D eigenvalue weighted by Crippen LogP contribution is 2.25. The average Bonchev–Trinajstić information content (AvgIpc) is 2.89. The van der Waals surface area contributed by atoms with Gasteiger partial charge in [0.1, 0.15) is 26.4 Å². The van der Waals surface area contributed by atoms with E-state index in [0.717, 1.165) is 64.2 Å². The van der Waals surface area contributed by atoms with Crippen LogP contribution in [0.25, 0.3) is 0 Å². The molecule has 8 heteroatoms. The molecule has 0 unspecified atom stereocenters. The number of carbonyl (C=O) groups excluding carboxylic acids is 4. The van der Waals surface area contributed by atoms with Crippen molar-refractivity contribution in [3.05, 3.63) is 35.4 Å². The van der Waals surface area contributed by atoms with Gasteiger partial charge in [0.2, 0.25) is 0 Å². The molecule has 0 amide bonds. The minimum absolute atomic E-state index is 0.0277. The number of ether oxygens (including phenoxy) is 4. The van der Waals surface area contributed by atoms with E-state index in [4.69, 9.17) is 18.9 Å². The third kappa shape index (κ3) is 7.85. The van der Waals surface area contributed by atoms with Gasteiger partial charge < -0.3 is 18.9 Å². The van der Waals surface area contributed by atoms with Crippen LogP contribution in [0.2, 0.25) is 0 Å². The molecule has 2 saturated carbocycles. The summed E-state index contributed by atoms with van der Waals surface area (Å²) in [5.41, 5.74) is 0.121. The molecule has 1 aromatic rings. The standard InChI is InChI=1S/C26H34O8/c27-23(19-9-3-1-4-10-19)31-15-17-33-25(29)21-13-7-8-14-22(21)26(30)34-18-16-32-24(28)20-11-5-2-6-12-20/h7-8,13-14,19-20H,1-6,9-12,15-18H2. The fourth-order valence-electron chi connectivity index (χ4n) is 4.46. The Morgan fingerprint density at radius 1 is 0.559 bits per heavy atom. The van der Waals surface area contributed by atoms with Crippen LogP contribution in [0.3, 0.4) is 0 Å². The summed E-state index contributed by atoms with van der Waals surface area (Å²) in [6, 6.07) is 6.16. The van der Waals surface area contributed by atoms with Gasteiger partial charge in [-0.2, -0.15) is 0 Å². The van der Waals surface area contributed by atoms with Crippen molar-refractivity contribution < 1.29 is 38.1 Å². The first-order valence-corrected chi connectivity index (χ1v) is 12.3. The second kappa shape index (κ2) is 13.7. The van der Waals surface area contributed by atoms with Crippen LogP contribution in [0, 0.1) is 11.8 Å². The molecule has 34 heavy (non-hydrogen) atoms. The minimum atomic E-state index is -0.704. The first-order valence-electron chi connectivity index (χ1n) is 12.3. The van der Waals surface area contributed by atoms with E-state index in [9.17, 15) is 19.2 Å². The molecule has 0 atom stereocenters. The Kier molecular flexibility index (Phi) is 10.4. The van der Waals surface area contributed by atoms with E-state index >= 15 is 0 Å². The van der Waals surface area contributed by atoms with Crippen LogP contribution in [0.15, 0.2) is 24.3 Å². The highest BCUT2D eigenvalue weighted by molar-refractivity contribution is 6.03. The van der Waals surface area contributed by atoms with Crippen LogP contribution in [-0.2, 0) is 28.5 Å². The largest absolute Gasteiger partial charge is 0.462 e. The molecule has 2 aliphatic carbocycles. The topological polar surface area (TPSA) is 105 Å². The number of rotatable bonds is 10. The fraction of sp³-hybridized carbons (Fsp3) is 0.615. The van der Waals surface area contributed by atoms with Gasteiger partial charge in [0.15, 0.2) is 0 Å². The molecule has 0 radical (unpaired) electrons. The smallest absolute Gasteiger partial charge is 0.339 e. The van der Waals surface area contributed by atoms with Gasteiger partial charge in [-0.1, -0.05) is 50.7 Å². The molecule has 2 fully saturated rings. The Labute approximate surface area is 200 Å². The molecule has 0 saturated heterocycles. The maximum Gasteiger partial charge on any atom is 0.339 e. The van der Waals surface area contributed by atoms with Crippen molar-refractivity contribution in [2.24, 2.45) is 11.8 Å². The molecule has 0 aromatic heterocycles. The molecule has 8 nitrogen and oxygen atoms in total. The molecule has 0 aliphatic heterocycles. The van der Waals surface area contributed by atoms with E-state index < -0.39 is 11.9 Å². The Bertz CT molecular complexity index is 768. The molecule has 0 N–H and O–H groups in total. The molecular formula is C26H34O8. The summed E-state index contributed by atoms with van der Waals surface area (Å²) in [6.45, 7) is -0.254. The van der Waals surface area contributed by atoms with E-state index in [2.05, 4.69) is 0 Å². The second-order valence-electron chi connectivity index (χ2n) is 8.82. The molecule has 1 aromatic carbocycles. The molecule has 186 valence electrons. The number of hydrogen-bond acceptors (Lipinski definition) is 8. The van der Waals surface area contributed by atoms with E-state index in [-0.39, 0.29) is 61.3 Å². The Morgan fingerprint density at radius 2 is 0.912 bits per heavy atom. The van der Waals surface area contributed by atoms with Gasteiger partial charge in [0, 0.05) is 0 Å². The number of esters is 4. The zero-order valence-corrected chi connectivity index (χ0v) is 19.6. The zero-order chi connectivity index (χ0) is 24.2. The monoisotopic (exact) mass is 474 g/mol. The second-order valence-corrected chi connectivity index (χ2v) is 8.82. The van der Waals surface area contributed by atoms with Gasteiger partial charge in [-0.3, -0.25) is 9.59 Å². The van der Waals surface area contributed by atoms with Gasteiger partial charge >= 0.3 is 23.9 Å². The highest BCUT2D eigenvalue weighted by atomic mass is 16.6. The summed E-state index contributed by atoms with van der Waals surface area (Å²) in [5, 5.41) is 0. The predicted molar refractivity (Wildman–Crippen MR) is 122 cm³/mol. The average molecular weight is 475 g/mol. The van der Waals surface area contributed by atoms with Crippen LogP contribution in [0.4, 0.5) is 0 Å². The van der Waals surface area contributed by atoms with Crippen molar-refractivity contribution in [3.8, 4) is 0 Å². The Balaban J connectivity index is 1.39. The van der Waals surface area contributed by atoms with E-state index in [1.165, 1.54) is 12.1 Å². The van der Waals surface area contributed by atoms with Crippen molar-refractivity contribution in [1.29, 1.82) is 0 Å². The Morgan fingerprint density at radius 3 is 1.29 bits per heavy atom. The third-order valence-electron chi connectivity index (χ3n) is 6.37. The molecular weight excluding hydrogens is 440 g/mol. The van der Waals surface area contributed by atoms with Gasteiger partial charge in [0.05, 0.1) is 23.0 Å². The highest BCUT2D eigenvalue weighted by Gasteiger charge is 2.24. The fourth-order valence-corrected chi connectivity index (χ4v) is 4.46. The van der Waals surface area contributed by atoms with Crippen molar-refractivity contribution in [2.45, 2.75) is 64.2 Å². The van der Waals surface area contributed by atoms with Crippen LogP contribution >= 0.6 is 0 Å². The van der Waals surface area contributed by atoms with Crippen molar-refractivity contribution >= 4 is 23.9 Å². The van der Waals surface area contributed by atoms with E-state index in [0.29, 0.717) is 0 Å². The lowest BCUT2D eigenvalue weighted by atomic mass is 9.89. The van der Waals surface area contributed by atoms with Crippen LogP contribution in [0.5, 0.6) is 0 Å². The van der Waals surface area contributed by atoms with Crippen LogP contribution in [0.1, 0.15) is 84.9 Å². The van der Waals surface area contributed by atoms with E-state index in [1.807, 2.05) is 0 Å². The lowest BCUT2D eigenvalue weighted by Crippen LogP contribution is -2.23. The van der Waals surface area contributed by atoms with E-state index in [1.54, 1.807) is 12.1 Å². The van der Waals surface area contributed by atoms with Crippen LogP contribution < -0.4 is 0 Å². The summed E-state index contributed by atoms with van der Waals surface area (Å²) in [4.78, 5) is 49.1. The van der Waals surface area contributed by atoms with Gasteiger partial charge in [0.25, 0.3) is 0 Å². The summed E-state index contributed by atoms with van der Waals surface area (Å²) in [7, 11) is 0. The van der Waals surface area contributed by atoms with Crippen LogP contribution in [-0.4, -0.2) is 50.3 Å². The Hall–Kier alpha value is -2.90. The van der Waals surface area contributed by atoms with Gasteiger partial charge in [-0.05, 0) is 37.8 Å². The predicted octanol–water partition coefficient (Wildman–Crippen LogP) is 4.25. The van der Waals surface area contributed by atoms with Crippen molar-refractivity contribution in [2.75, 3.05) is 26.4 Å². The summed E-state index contributed by atoms with van der Waals surface area (Å²) >= 11 is 0. The maximum atomic E-state index is 12.5. The lowest BCUT2D eigenvalue weighted by Gasteiger charge is -2.20. The first kappa shape index (κ1) is 25.7. The summed E-state index contributed by atoms with van der Waals surface area (Å²) < 4.78 is 20.8. The molecule has 2 aliphatic rings. The van der Waals surface area contributed by atoms with Crippen molar-refractivity contribution in [1.82, 2.24) is 0 Å². The maximum absolute atomic E-state index is 12.5. The van der Waals surface area contributed by atoms with Crippen molar-refractivity contribution in [3.63, 3.8) is 0 Å². The summed E-state index contributed by atoms with van der Waals surface area (Å²) in [5.74, 6) is -2.04. The quantitative estimate of drug-likeness (QED) is 0.282. The lowest BCUT2D eigenvalue weighted by molar-refractivity contribution is -0.151. The zero-order valence-electron chi connectivity index (χ0n) is 19.6. The third-order valence-corrected chi connectivity index (χ3v) is 6.37. The number of benzene rings is 1. The molecule has 3 rings (SSSR count). The first-order chi connectivity index (χ1) is 16.6. The number of hydrogen-bond donors (Lipinski definition) is 0. The van der Waals surface area contributed by atoms with Gasteiger partial charge in [-0.25, -0.2) is 9.59 Å². The SMILES string of the molecule is O=C(OCCOC(=O)C1CCCCC1)c1ccccc1C(=O)OCCOC(=O)C1CCCCC1. The van der Waals surface area contributed by atoms with Gasteiger partial charge in [-0.15, -0.1) is 0 Å². The minimum Gasteiger partial charge on any atom is -0.462 e. The summed E-state index contributed by atoms with van der Waals surface area (Å²) in [6.07, 6.45) is 9.79. The molecule has 0 heterocycles. The normalized spacial score (nSPS) is 16.9. The molecule has 0 spiro atoms. The molecule has 0 bridgehead atoms.